The van der Waals surface area contributed by atoms with E-state index in [1.807, 2.05) is 41.9 Å². The summed E-state index contributed by atoms with van der Waals surface area (Å²) in [6.45, 7) is 7.78. The van der Waals surface area contributed by atoms with Gasteiger partial charge in [0, 0.05) is 18.3 Å². The third kappa shape index (κ3) is 6.91. The smallest absolute Gasteiger partial charge is 0.319 e. The summed E-state index contributed by atoms with van der Waals surface area (Å²) in [4.78, 5) is 41.5. The fourth-order valence-electron chi connectivity index (χ4n) is 4.00. The van der Waals surface area contributed by atoms with E-state index in [2.05, 4.69) is 10.6 Å². The second-order valence-corrected chi connectivity index (χ2v) is 8.82. The number of nitrogens with zero attached hydrogens (tertiary/aromatic N) is 3. The van der Waals surface area contributed by atoms with E-state index in [1.165, 1.54) is 0 Å². The van der Waals surface area contributed by atoms with E-state index in [0.717, 1.165) is 22.3 Å². The maximum atomic E-state index is 13.7. The number of hydrogen-bond acceptors (Lipinski definition) is 9. The molecule has 0 bridgehead atoms. The molecule has 1 amide bonds. The molecule has 12 heteroatoms. The molecule has 39 heavy (non-hydrogen) atoms. The summed E-state index contributed by atoms with van der Waals surface area (Å²) in [5.74, 6) is -0.225. The summed E-state index contributed by atoms with van der Waals surface area (Å²) in [5.41, 5.74) is 7.78. The molecule has 0 saturated heterocycles. The van der Waals surface area contributed by atoms with Crippen LogP contribution in [0.5, 0.6) is 0 Å². The van der Waals surface area contributed by atoms with Gasteiger partial charge in [-0.3, -0.25) is 20.3 Å². The summed E-state index contributed by atoms with van der Waals surface area (Å²) in [5, 5.41) is 14.8. The van der Waals surface area contributed by atoms with Crippen LogP contribution in [0.25, 0.3) is 11.0 Å². The number of fused-ring (bicyclic) bond motifs is 1. The minimum absolute atomic E-state index is 0.0144. The summed E-state index contributed by atoms with van der Waals surface area (Å²) in [7, 11) is 1.92. The molecule has 0 fully saturated rings. The predicted molar refractivity (Wildman–Crippen MR) is 148 cm³/mol. The van der Waals surface area contributed by atoms with Crippen molar-refractivity contribution in [1.82, 2.24) is 20.1 Å². The second kappa shape index (κ2) is 13.2. The van der Waals surface area contributed by atoms with Crippen LogP contribution in [0.15, 0.2) is 42.5 Å². The van der Waals surface area contributed by atoms with Crippen LogP contribution in [0.4, 0.5) is 5.69 Å². The van der Waals surface area contributed by atoms with Crippen LogP contribution in [0, 0.1) is 5.41 Å². The van der Waals surface area contributed by atoms with E-state index < -0.39 is 17.4 Å². The Bertz CT molecular complexity index is 1300. The molecule has 3 rings (SSSR count). The maximum absolute atomic E-state index is 13.7. The number of carbonyl (C=O) groups excluding carboxylic acids is 2. The Morgan fingerprint density at radius 2 is 1.74 bits per heavy atom. The van der Waals surface area contributed by atoms with E-state index in [-0.39, 0.29) is 32.2 Å². The lowest BCUT2D eigenvalue weighted by molar-refractivity contribution is -0.342. The van der Waals surface area contributed by atoms with Gasteiger partial charge in [-0.1, -0.05) is 11.3 Å². The topological polar surface area (TPSA) is 157 Å². The molecule has 1 unspecified atom stereocenters. The van der Waals surface area contributed by atoms with E-state index in [4.69, 9.17) is 30.5 Å². The number of hydroxylamine groups is 2. The Hall–Kier alpha value is -4.00. The van der Waals surface area contributed by atoms with Crippen molar-refractivity contribution < 1.29 is 24.0 Å². The molecular weight excluding hydrogens is 502 g/mol. The average molecular weight is 540 g/mol. The number of hydrogen-bond donors (Lipinski definition) is 4. The third-order valence-corrected chi connectivity index (χ3v) is 6.18. The number of rotatable bonds is 14. The zero-order valence-electron chi connectivity index (χ0n) is 23.0. The molecule has 0 spiro atoms. The number of amidine groups is 1. The van der Waals surface area contributed by atoms with E-state index >= 15 is 0 Å². The number of aryl methyl sites for hydroxylation is 1. The van der Waals surface area contributed by atoms with Crippen LogP contribution in [-0.4, -0.2) is 58.9 Å². The van der Waals surface area contributed by atoms with E-state index in [0.29, 0.717) is 23.2 Å². The van der Waals surface area contributed by atoms with Gasteiger partial charge in [0.15, 0.2) is 0 Å². The average Bonchev–Trinajstić information content (AvgIpc) is 3.25. The van der Waals surface area contributed by atoms with Crippen molar-refractivity contribution in [3.8, 4) is 0 Å². The molecule has 1 atom stereocenters. The predicted octanol–water partition coefficient (Wildman–Crippen LogP) is 2.57. The molecule has 2 aromatic carbocycles. The molecular formula is C27H37N7O5. The number of benzene rings is 2. The number of carbonyl (C=O) groups is 2. The Morgan fingerprint density at radius 3 is 2.33 bits per heavy atom. The van der Waals surface area contributed by atoms with Gasteiger partial charge >= 0.3 is 5.97 Å². The summed E-state index contributed by atoms with van der Waals surface area (Å²) < 4.78 is 7.02. The lowest BCUT2D eigenvalue weighted by Crippen LogP contribution is -2.55. The highest BCUT2D eigenvalue weighted by molar-refractivity contribution is 5.95. The Morgan fingerprint density at radius 1 is 1.08 bits per heavy atom. The molecule has 0 aliphatic heterocycles. The van der Waals surface area contributed by atoms with Crippen molar-refractivity contribution in [1.29, 1.82) is 5.41 Å². The van der Waals surface area contributed by atoms with Gasteiger partial charge in [0.25, 0.3) is 5.91 Å². The number of nitrogens with one attached hydrogen (secondary N) is 3. The van der Waals surface area contributed by atoms with Crippen molar-refractivity contribution >= 4 is 34.4 Å². The number of amides is 1. The van der Waals surface area contributed by atoms with Crippen molar-refractivity contribution in [2.75, 3.05) is 31.7 Å². The van der Waals surface area contributed by atoms with E-state index in [1.54, 1.807) is 39.8 Å². The summed E-state index contributed by atoms with van der Waals surface area (Å²) >= 11 is 0. The van der Waals surface area contributed by atoms with Crippen molar-refractivity contribution in [3.05, 3.63) is 59.4 Å². The fourth-order valence-corrected chi connectivity index (χ4v) is 4.00. The Labute approximate surface area is 227 Å². The Kier molecular flexibility index (Phi) is 9.99. The number of nitrogens with two attached hydrogens (primary N) is 1. The number of esters is 1. The molecule has 1 heterocycles. The van der Waals surface area contributed by atoms with Gasteiger partial charge in [0.05, 0.1) is 43.9 Å². The van der Waals surface area contributed by atoms with Crippen molar-refractivity contribution in [2.45, 2.75) is 39.8 Å². The molecule has 5 N–H and O–H groups in total. The molecule has 0 radical (unpaired) electrons. The van der Waals surface area contributed by atoms with Crippen LogP contribution in [0.1, 0.15) is 44.6 Å². The number of nitrogen functional groups attached to an aromatic ring is 1. The highest BCUT2D eigenvalue weighted by atomic mass is 17.0. The first kappa shape index (κ1) is 29.6. The van der Waals surface area contributed by atoms with Gasteiger partial charge in [-0.05, 0) is 69.7 Å². The normalized spacial score (nSPS) is 12.6. The minimum Gasteiger partial charge on any atom is -0.465 e. The standard InChI is InChI=1S/C27H37N7O5/c1-6-37-24(35)17-31-27(4,26(36)34(38-7-2)39-8-3)19-11-14-22-21(15-19)32-23(33(22)5)16-30-20-12-9-18(10-13-20)25(28)29/h9-15,30-31H,6-8,16-17H2,1-5H3,(H3,28,29). The molecule has 12 nitrogen and oxygen atoms in total. The van der Waals surface area contributed by atoms with Crippen molar-refractivity contribution in [3.63, 3.8) is 0 Å². The number of imidazole rings is 1. The number of aromatic nitrogens is 2. The number of ether oxygens (including phenoxy) is 1. The first-order chi connectivity index (χ1) is 18.6. The third-order valence-electron chi connectivity index (χ3n) is 6.18. The van der Waals surface area contributed by atoms with Crippen LogP contribution in [-0.2, 0) is 43.1 Å². The number of anilines is 1. The SMILES string of the molecule is CCOC(=O)CNC(C)(C(=O)N(OCC)OCC)c1ccc2c(c1)nc(CNc1ccc(C(=N)N)cc1)n2C. The molecule has 0 saturated carbocycles. The van der Waals surface area contributed by atoms with Gasteiger partial charge < -0.3 is 20.4 Å². The highest BCUT2D eigenvalue weighted by Gasteiger charge is 2.41. The minimum atomic E-state index is -1.39. The molecule has 1 aromatic heterocycles. The van der Waals surface area contributed by atoms with Crippen LogP contribution < -0.4 is 16.4 Å². The lowest BCUT2D eigenvalue weighted by atomic mass is 9.90. The van der Waals surface area contributed by atoms with Gasteiger partial charge in [-0.2, -0.15) is 0 Å². The Balaban J connectivity index is 1.92. The molecule has 0 aliphatic rings. The second-order valence-electron chi connectivity index (χ2n) is 8.82. The largest absolute Gasteiger partial charge is 0.465 e. The van der Waals surface area contributed by atoms with Crippen molar-refractivity contribution in [2.24, 2.45) is 12.8 Å². The lowest BCUT2D eigenvalue weighted by Gasteiger charge is -2.33. The maximum Gasteiger partial charge on any atom is 0.319 e. The quantitative estimate of drug-likeness (QED) is 0.105. The van der Waals surface area contributed by atoms with Crippen LogP contribution in [0.2, 0.25) is 0 Å². The van der Waals surface area contributed by atoms with Crippen LogP contribution >= 0.6 is 0 Å². The summed E-state index contributed by atoms with van der Waals surface area (Å²) in [6, 6.07) is 12.8. The van der Waals surface area contributed by atoms with Gasteiger partial charge in [0.1, 0.15) is 17.2 Å². The van der Waals surface area contributed by atoms with Gasteiger partial charge in [0.2, 0.25) is 0 Å². The molecule has 210 valence electrons. The first-order valence-electron chi connectivity index (χ1n) is 12.8. The monoisotopic (exact) mass is 539 g/mol. The first-order valence-corrected chi connectivity index (χ1v) is 12.8. The molecule has 0 aliphatic carbocycles. The zero-order valence-corrected chi connectivity index (χ0v) is 23.0. The molecule has 3 aromatic rings. The summed E-state index contributed by atoms with van der Waals surface area (Å²) in [6.07, 6.45) is 0. The highest BCUT2D eigenvalue weighted by Crippen LogP contribution is 2.28. The van der Waals surface area contributed by atoms with Gasteiger partial charge in [-0.15, -0.1) is 0 Å². The van der Waals surface area contributed by atoms with Gasteiger partial charge in [-0.25, -0.2) is 14.7 Å². The zero-order chi connectivity index (χ0) is 28.6. The van der Waals surface area contributed by atoms with E-state index in [9.17, 15) is 9.59 Å². The fraction of sp³-hybridized carbons (Fsp3) is 0.407. The van der Waals surface area contributed by atoms with Crippen LogP contribution in [0.3, 0.4) is 0 Å².